The predicted molar refractivity (Wildman–Crippen MR) is 73.5 cm³/mol. The van der Waals surface area contributed by atoms with Crippen LogP contribution in [-0.4, -0.2) is 25.1 Å². The minimum atomic E-state index is 0.370. The Hall–Kier alpha value is -1.01. The number of benzene rings is 1. The van der Waals surface area contributed by atoms with Crippen LogP contribution in [0.1, 0.15) is 5.56 Å². The van der Waals surface area contributed by atoms with Crippen LogP contribution < -0.4 is 9.47 Å². The molecular weight excluding hydrogens is 354 g/mol. The first kappa shape index (κ1) is 14.1. The zero-order chi connectivity index (χ0) is 12.8. The van der Waals surface area contributed by atoms with Crippen molar-refractivity contribution >= 4 is 38.1 Å². The van der Waals surface area contributed by atoms with Crippen molar-refractivity contribution in [2.24, 2.45) is 5.16 Å². The van der Waals surface area contributed by atoms with Crippen molar-refractivity contribution in [2.75, 3.05) is 13.7 Å². The lowest BCUT2D eigenvalue weighted by Crippen LogP contribution is -1.99. The van der Waals surface area contributed by atoms with E-state index in [1.165, 1.54) is 13.3 Å². The number of hydrogen-bond donors (Lipinski definition) is 1. The zero-order valence-electron chi connectivity index (χ0n) is 9.11. The molecule has 0 radical (unpaired) electrons. The summed E-state index contributed by atoms with van der Waals surface area (Å²) in [6.45, 7) is 3.95. The van der Waals surface area contributed by atoms with Crippen LogP contribution in [0.15, 0.2) is 32.8 Å². The van der Waals surface area contributed by atoms with E-state index in [-0.39, 0.29) is 0 Å². The van der Waals surface area contributed by atoms with Gasteiger partial charge in [0.15, 0.2) is 11.5 Å². The maximum atomic E-state index is 8.56. The molecule has 0 aliphatic rings. The first-order chi connectivity index (χ1) is 8.15. The van der Waals surface area contributed by atoms with Gasteiger partial charge in [-0.15, -0.1) is 0 Å². The number of oxime groups is 1. The van der Waals surface area contributed by atoms with Crippen LogP contribution in [0, 0.1) is 0 Å². The fraction of sp³-hybridized carbons (Fsp3) is 0.182. The van der Waals surface area contributed by atoms with Crippen LogP contribution in [0.3, 0.4) is 0 Å². The summed E-state index contributed by atoms with van der Waals surface area (Å²) in [5.74, 6) is 1.10. The molecule has 0 aromatic heterocycles. The van der Waals surface area contributed by atoms with Crippen LogP contribution >= 0.6 is 31.9 Å². The molecule has 4 nitrogen and oxygen atoms in total. The number of ether oxygens (including phenoxy) is 2. The summed E-state index contributed by atoms with van der Waals surface area (Å²) in [6.07, 6.45) is 2.94. The lowest BCUT2D eigenvalue weighted by atomic mass is 10.2. The Morgan fingerprint density at radius 3 is 2.71 bits per heavy atom. The first-order valence-electron chi connectivity index (χ1n) is 4.62. The molecule has 92 valence electrons. The number of nitrogens with zero attached hydrogens (tertiary/aromatic N) is 1. The Morgan fingerprint density at radius 1 is 1.47 bits per heavy atom. The molecule has 0 atom stereocenters. The van der Waals surface area contributed by atoms with E-state index in [9.17, 15) is 0 Å². The smallest absolute Gasteiger partial charge is 0.176 e. The summed E-state index contributed by atoms with van der Waals surface area (Å²) < 4.78 is 12.1. The van der Waals surface area contributed by atoms with E-state index in [2.05, 4.69) is 43.6 Å². The molecule has 0 aliphatic heterocycles. The van der Waals surface area contributed by atoms with Crippen LogP contribution in [0.4, 0.5) is 0 Å². The van der Waals surface area contributed by atoms with Gasteiger partial charge in [-0.25, -0.2) is 0 Å². The van der Waals surface area contributed by atoms with Gasteiger partial charge in [0, 0.05) is 10.0 Å². The van der Waals surface area contributed by atoms with E-state index in [4.69, 9.17) is 14.7 Å². The van der Waals surface area contributed by atoms with Crippen molar-refractivity contribution in [2.45, 2.75) is 0 Å². The van der Waals surface area contributed by atoms with E-state index in [1.807, 2.05) is 0 Å². The summed E-state index contributed by atoms with van der Waals surface area (Å²) in [6, 6.07) is 1.70. The van der Waals surface area contributed by atoms with Gasteiger partial charge in [0.1, 0.15) is 6.61 Å². The van der Waals surface area contributed by atoms with E-state index >= 15 is 0 Å². The number of halogens is 2. The summed E-state index contributed by atoms with van der Waals surface area (Å²) in [5.41, 5.74) is 0.669. The molecule has 0 saturated carbocycles. The maximum absolute atomic E-state index is 8.56. The van der Waals surface area contributed by atoms with Crippen molar-refractivity contribution < 1.29 is 14.7 Å². The van der Waals surface area contributed by atoms with E-state index in [0.29, 0.717) is 28.1 Å². The molecule has 6 heteroatoms. The van der Waals surface area contributed by atoms with E-state index in [1.54, 1.807) is 12.1 Å². The third-order valence-corrected chi connectivity index (χ3v) is 4.06. The van der Waals surface area contributed by atoms with Crippen molar-refractivity contribution in [3.8, 4) is 11.5 Å². The standard InChI is InChI=1S/C11H11Br2NO3/c1-3-4-17-11-8(16-2)5-7(6-14-15)9(12)10(11)13/h3,5-6,15H,1,4H2,2H3. The Labute approximate surface area is 116 Å². The third kappa shape index (κ3) is 3.23. The molecule has 0 aliphatic carbocycles. The lowest BCUT2D eigenvalue weighted by molar-refractivity contribution is 0.321. The zero-order valence-corrected chi connectivity index (χ0v) is 12.3. The normalized spacial score (nSPS) is 10.5. The first-order valence-corrected chi connectivity index (χ1v) is 6.21. The number of methoxy groups -OCH3 is 1. The highest BCUT2D eigenvalue weighted by molar-refractivity contribution is 9.13. The Morgan fingerprint density at radius 2 is 2.18 bits per heavy atom. The second-order valence-electron chi connectivity index (χ2n) is 2.97. The van der Waals surface area contributed by atoms with Gasteiger partial charge in [-0.2, -0.15) is 0 Å². The molecule has 0 amide bonds. The van der Waals surface area contributed by atoms with E-state index < -0.39 is 0 Å². The molecule has 1 aromatic rings. The fourth-order valence-electron chi connectivity index (χ4n) is 1.19. The third-order valence-electron chi connectivity index (χ3n) is 1.92. The lowest BCUT2D eigenvalue weighted by Gasteiger charge is -2.14. The van der Waals surface area contributed by atoms with Gasteiger partial charge < -0.3 is 14.7 Å². The van der Waals surface area contributed by atoms with E-state index in [0.717, 1.165) is 4.47 Å². The van der Waals surface area contributed by atoms with Crippen LogP contribution in [-0.2, 0) is 0 Å². The van der Waals surface area contributed by atoms with Gasteiger partial charge in [-0.1, -0.05) is 17.8 Å². The molecule has 1 N–H and O–H groups in total. The predicted octanol–water partition coefficient (Wildman–Crippen LogP) is 3.59. The van der Waals surface area contributed by atoms with Gasteiger partial charge in [0.2, 0.25) is 0 Å². The average molecular weight is 365 g/mol. The molecule has 0 spiro atoms. The average Bonchev–Trinajstić information content (AvgIpc) is 2.34. The van der Waals surface area contributed by atoms with Gasteiger partial charge in [0.05, 0.1) is 17.8 Å². The van der Waals surface area contributed by atoms with Crippen LogP contribution in [0.25, 0.3) is 0 Å². The van der Waals surface area contributed by atoms with Crippen molar-refractivity contribution in [3.05, 3.63) is 33.2 Å². The van der Waals surface area contributed by atoms with Crippen molar-refractivity contribution in [1.29, 1.82) is 0 Å². The fourth-order valence-corrected chi connectivity index (χ4v) is 2.12. The topological polar surface area (TPSA) is 51.0 Å². The molecule has 0 fully saturated rings. The molecule has 0 heterocycles. The van der Waals surface area contributed by atoms with Crippen LogP contribution in [0.5, 0.6) is 11.5 Å². The minimum Gasteiger partial charge on any atom is -0.493 e. The van der Waals surface area contributed by atoms with Gasteiger partial charge >= 0.3 is 0 Å². The molecule has 1 aromatic carbocycles. The summed E-state index contributed by atoms with van der Waals surface area (Å²) in [5, 5.41) is 11.5. The van der Waals surface area contributed by atoms with Crippen LogP contribution in [0.2, 0.25) is 0 Å². The molecule has 0 unspecified atom stereocenters. The molecule has 17 heavy (non-hydrogen) atoms. The van der Waals surface area contributed by atoms with Crippen molar-refractivity contribution in [3.63, 3.8) is 0 Å². The SMILES string of the molecule is C=CCOc1c(OC)cc(C=NO)c(Br)c1Br. The van der Waals surface area contributed by atoms with Gasteiger partial charge in [0.25, 0.3) is 0 Å². The molecular formula is C11H11Br2NO3. The second kappa shape index (κ2) is 6.66. The molecule has 0 bridgehead atoms. The van der Waals surface area contributed by atoms with Gasteiger partial charge in [-0.3, -0.25) is 0 Å². The second-order valence-corrected chi connectivity index (χ2v) is 4.56. The Balaban J connectivity index is 3.29. The highest BCUT2D eigenvalue weighted by Gasteiger charge is 2.16. The van der Waals surface area contributed by atoms with Crippen molar-refractivity contribution in [1.82, 2.24) is 0 Å². The van der Waals surface area contributed by atoms with Gasteiger partial charge in [-0.05, 0) is 37.9 Å². The molecule has 1 rings (SSSR count). The largest absolute Gasteiger partial charge is 0.493 e. The Bertz CT molecular complexity index is 447. The molecule has 0 saturated heterocycles. The quantitative estimate of drug-likeness (QED) is 0.376. The highest BCUT2D eigenvalue weighted by atomic mass is 79.9. The summed E-state index contributed by atoms with van der Waals surface area (Å²) in [4.78, 5) is 0. The number of hydrogen-bond acceptors (Lipinski definition) is 4. The monoisotopic (exact) mass is 363 g/mol. The summed E-state index contributed by atoms with van der Waals surface area (Å²) >= 11 is 6.77. The minimum absolute atomic E-state index is 0.370. The summed E-state index contributed by atoms with van der Waals surface area (Å²) in [7, 11) is 1.54. The maximum Gasteiger partial charge on any atom is 0.176 e. The highest BCUT2D eigenvalue weighted by Crippen LogP contribution is 2.42. The Kier molecular flexibility index (Phi) is 5.50. The number of rotatable bonds is 5.